The van der Waals surface area contributed by atoms with Gasteiger partial charge in [-0.1, -0.05) is 12.0 Å². The molecule has 1 rings (SSSR count). The molecular formula is C13H9FO3. The molecule has 1 aromatic rings. The van der Waals surface area contributed by atoms with Gasteiger partial charge in [-0.15, -0.1) is 6.42 Å². The highest BCUT2D eigenvalue weighted by molar-refractivity contribution is 6.19. The van der Waals surface area contributed by atoms with Gasteiger partial charge in [-0.05, 0) is 25.1 Å². The van der Waals surface area contributed by atoms with E-state index in [9.17, 15) is 14.0 Å². The van der Waals surface area contributed by atoms with Crippen LogP contribution in [0.15, 0.2) is 23.8 Å². The van der Waals surface area contributed by atoms with Crippen molar-refractivity contribution in [1.82, 2.24) is 0 Å². The molecule has 1 N–H and O–H groups in total. The summed E-state index contributed by atoms with van der Waals surface area (Å²) in [5.74, 6) is -0.512. The molecule has 0 fully saturated rings. The normalized spacial score (nSPS) is 10.8. The zero-order chi connectivity index (χ0) is 13.0. The zero-order valence-corrected chi connectivity index (χ0v) is 9.03. The van der Waals surface area contributed by atoms with E-state index in [0.717, 1.165) is 19.1 Å². The second kappa shape index (κ2) is 5.08. The Hall–Kier alpha value is -2.41. The number of halogens is 1. The molecule has 1 aromatic carbocycles. The first-order valence-electron chi connectivity index (χ1n) is 4.68. The standard InChI is InChI=1S/C13H9FO3/c1-3-9-5-4-6-12(14)11(9)7-10(8(2)15)13(16)17/h1,4-7H,2H3,(H,16,17)/b10-7-. The number of carbonyl (C=O) groups is 2. The second-order valence-electron chi connectivity index (χ2n) is 3.26. The summed E-state index contributed by atoms with van der Waals surface area (Å²) in [4.78, 5) is 21.9. The van der Waals surface area contributed by atoms with Crippen LogP contribution in [-0.4, -0.2) is 16.9 Å². The second-order valence-corrected chi connectivity index (χ2v) is 3.26. The van der Waals surface area contributed by atoms with Gasteiger partial charge in [0.15, 0.2) is 5.78 Å². The van der Waals surface area contributed by atoms with Crippen LogP contribution in [-0.2, 0) is 9.59 Å². The average Bonchev–Trinajstić information content (AvgIpc) is 2.25. The zero-order valence-electron chi connectivity index (χ0n) is 9.03. The Morgan fingerprint density at radius 1 is 1.47 bits per heavy atom. The molecule has 3 nitrogen and oxygen atoms in total. The fraction of sp³-hybridized carbons (Fsp3) is 0.0769. The number of carboxylic acids is 1. The Labute approximate surface area is 97.6 Å². The monoisotopic (exact) mass is 232 g/mol. The third-order valence-electron chi connectivity index (χ3n) is 2.11. The van der Waals surface area contributed by atoms with E-state index in [-0.39, 0.29) is 11.1 Å². The largest absolute Gasteiger partial charge is 0.478 e. The van der Waals surface area contributed by atoms with Crippen molar-refractivity contribution in [3.05, 3.63) is 40.7 Å². The van der Waals surface area contributed by atoms with Crippen LogP contribution in [0.25, 0.3) is 6.08 Å². The van der Waals surface area contributed by atoms with E-state index in [2.05, 4.69) is 5.92 Å². The maximum atomic E-state index is 13.5. The number of carboxylic acid groups (broad SMARTS) is 1. The fourth-order valence-electron chi connectivity index (χ4n) is 1.27. The van der Waals surface area contributed by atoms with Crippen molar-refractivity contribution in [3.8, 4) is 12.3 Å². The average molecular weight is 232 g/mol. The molecule has 0 unspecified atom stereocenters. The number of aliphatic carboxylic acids is 1. The summed E-state index contributed by atoms with van der Waals surface area (Å²) in [6, 6.07) is 4.02. The van der Waals surface area contributed by atoms with Gasteiger partial charge >= 0.3 is 5.97 Å². The topological polar surface area (TPSA) is 54.4 Å². The molecule has 0 aliphatic heterocycles. The lowest BCUT2D eigenvalue weighted by atomic mass is 10.0. The lowest BCUT2D eigenvalue weighted by Crippen LogP contribution is -2.09. The molecule has 0 aromatic heterocycles. The van der Waals surface area contributed by atoms with E-state index >= 15 is 0 Å². The molecule has 0 aliphatic rings. The van der Waals surface area contributed by atoms with E-state index in [1.54, 1.807) is 0 Å². The van der Waals surface area contributed by atoms with Gasteiger partial charge < -0.3 is 5.11 Å². The van der Waals surface area contributed by atoms with Crippen LogP contribution in [0.3, 0.4) is 0 Å². The highest BCUT2D eigenvalue weighted by atomic mass is 19.1. The lowest BCUT2D eigenvalue weighted by molar-refractivity contribution is -0.134. The maximum Gasteiger partial charge on any atom is 0.339 e. The van der Waals surface area contributed by atoms with Gasteiger partial charge in [0, 0.05) is 11.1 Å². The van der Waals surface area contributed by atoms with Gasteiger partial charge in [0.1, 0.15) is 11.4 Å². The van der Waals surface area contributed by atoms with Gasteiger partial charge in [-0.3, -0.25) is 4.79 Å². The predicted molar refractivity (Wildman–Crippen MR) is 60.6 cm³/mol. The molecule has 0 heterocycles. The summed E-state index contributed by atoms with van der Waals surface area (Å²) in [5.41, 5.74) is -0.376. The minimum absolute atomic E-state index is 0.0670. The molecule has 0 amide bonds. The molecule has 0 aliphatic carbocycles. The van der Waals surface area contributed by atoms with Crippen LogP contribution in [0.1, 0.15) is 18.1 Å². The van der Waals surface area contributed by atoms with Crippen LogP contribution >= 0.6 is 0 Å². The Morgan fingerprint density at radius 2 is 2.12 bits per heavy atom. The molecular weight excluding hydrogens is 223 g/mol. The molecule has 4 heteroatoms. The van der Waals surface area contributed by atoms with Gasteiger partial charge in [0.2, 0.25) is 0 Å². The Bertz CT molecular complexity index is 534. The summed E-state index contributed by atoms with van der Waals surface area (Å²) >= 11 is 0. The molecule has 17 heavy (non-hydrogen) atoms. The minimum Gasteiger partial charge on any atom is -0.478 e. The summed E-state index contributed by atoms with van der Waals surface area (Å²) < 4.78 is 13.5. The maximum absolute atomic E-state index is 13.5. The highest BCUT2D eigenvalue weighted by Gasteiger charge is 2.15. The summed E-state index contributed by atoms with van der Waals surface area (Å²) in [7, 11) is 0. The fourth-order valence-corrected chi connectivity index (χ4v) is 1.27. The predicted octanol–water partition coefficient (Wildman–Crippen LogP) is 1.86. The number of benzene rings is 1. The van der Waals surface area contributed by atoms with E-state index < -0.39 is 23.1 Å². The van der Waals surface area contributed by atoms with Crippen LogP contribution < -0.4 is 0 Å². The van der Waals surface area contributed by atoms with Gasteiger partial charge in [-0.25, -0.2) is 9.18 Å². The number of ketones is 1. The van der Waals surface area contributed by atoms with E-state index in [4.69, 9.17) is 11.5 Å². The first kappa shape index (κ1) is 12.7. The number of hydrogen-bond acceptors (Lipinski definition) is 2. The Kier molecular flexibility index (Phi) is 3.78. The summed E-state index contributed by atoms with van der Waals surface area (Å²) in [5, 5.41) is 8.80. The first-order chi connectivity index (χ1) is 7.97. The van der Waals surface area contributed by atoms with Crippen LogP contribution in [0, 0.1) is 18.2 Å². The molecule has 0 spiro atoms. The van der Waals surface area contributed by atoms with Gasteiger partial charge in [0.25, 0.3) is 0 Å². The van der Waals surface area contributed by atoms with E-state index in [1.807, 2.05) is 0 Å². The van der Waals surface area contributed by atoms with Crippen molar-refractivity contribution >= 4 is 17.8 Å². The Morgan fingerprint density at radius 3 is 2.59 bits per heavy atom. The number of Topliss-reactive ketones (excluding diaryl/α,β-unsaturated/α-hetero) is 1. The van der Waals surface area contributed by atoms with Crippen molar-refractivity contribution in [2.75, 3.05) is 0 Å². The van der Waals surface area contributed by atoms with Crippen molar-refractivity contribution in [3.63, 3.8) is 0 Å². The van der Waals surface area contributed by atoms with Crippen molar-refractivity contribution < 1.29 is 19.1 Å². The molecule has 0 bridgehead atoms. The molecule has 0 saturated heterocycles. The summed E-state index contributed by atoms with van der Waals surface area (Å²) in [6.07, 6.45) is 6.12. The number of rotatable bonds is 3. The van der Waals surface area contributed by atoms with Crippen molar-refractivity contribution in [2.45, 2.75) is 6.92 Å². The van der Waals surface area contributed by atoms with E-state index in [0.29, 0.717) is 0 Å². The molecule has 86 valence electrons. The number of carbonyl (C=O) groups excluding carboxylic acids is 1. The molecule has 0 saturated carbocycles. The Balaban J connectivity index is 3.45. The summed E-state index contributed by atoms with van der Waals surface area (Å²) in [6.45, 7) is 1.09. The smallest absolute Gasteiger partial charge is 0.339 e. The number of terminal acetylenes is 1. The number of hydrogen-bond donors (Lipinski definition) is 1. The first-order valence-corrected chi connectivity index (χ1v) is 4.68. The van der Waals surface area contributed by atoms with Crippen molar-refractivity contribution in [1.29, 1.82) is 0 Å². The third-order valence-corrected chi connectivity index (χ3v) is 2.11. The highest BCUT2D eigenvalue weighted by Crippen LogP contribution is 2.17. The van der Waals surface area contributed by atoms with Crippen LogP contribution in [0.5, 0.6) is 0 Å². The molecule has 0 atom stereocenters. The lowest BCUT2D eigenvalue weighted by Gasteiger charge is -2.02. The SMILES string of the molecule is C#Cc1cccc(F)c1/C=C(/C(C)=O)C(=O)O. The van der Waals surface area contributed by atoms with Crippen LogP contribution in [0.2, 0.25) is 0 Å². The molecule has 0 radical (unpaired) electrons. The van der Waals surface area contributed by atoms with Gasteiger partial charge in [0.05, 0.1) is 0 Å². The quantitative estimate of drug-likeness (QED) is 0.374. The van der Waals surface area contributed by atoms with Gasteiger partial charge in [-0.2, -0.15) is 0 Å². The van der Waals surface area contributed by atoms with Crippen LogP contribution in [0.4, 0.5) is 4.39 Å². The van der Waals surface area contributed by atoms with Crippen molar-refractivity contribution in [2.24, 2.45) is 0 Å². The third kappa shape index (κ3) is 2.79. The van der Waals surface area contributed by atoms with E-state index in [1.165, 1.54) is 12.1 Å². The minimum atomic E-state index is -1.41.